The van der Waals surface area contributed by atoms with Crippen molar-refractivity contribution in [2.45, 2.75) is 19.4 Å². The number of imidazole rings is 1. The molecule has 0 saturated heterocycles. The van der Waals surface area contributed by atoms with Crippen LogP contribution in [0.25, 0.3) is 10.9 Å². The van der Waals surface area contributed by atoms with E-state index in [2.05, 4.69) is 30.2 Å². The summed E-state index contributed by atoms with van der Waals surface area (Å²) in [5, 5.41) is 7.68. The number of rotatable bonds is 7. The fourth-order valence-corrected chi connectivity index (χ4v) is 2.79. The molecular formula is C18H23FN6. The highest BCUT2D eigenvalue weighted by atomic mass is 19.1. The molecule has 1 aromatic carbocycles. The van der Waals surface area contributed by atoms with Gasteiger partial charge >= 0.3 is 0 Å². The van der Waals surface area contributed by atoms with E-state index in [1.165, 1.54) is 12.1 Å². The van der Waals surface area contributed by atoms with E-state index in [0.29, 0.717) is 0 Å². The Hall–Kier alpha value is -2.83. The van der Waals surface area contributed by atoms with Gasteiger partial charge in [-0.1, -0.05) is 0 Å². The minimum absolute atomic E-state index is 0.223. The number of aromatic nitrogens is 3. The monoisotopic (exact) mass is 342 g/mol. The van der Waals surface area contributed by atoms with Crippen LogP contribution in [0.3, 0.4) is 0 Å². The van der Waals surface area contributed by atoms with Crippen molar-refractivity contribution in [3.05, 3.63) is 54.5 Å². The molecule has 0 aliphatic heterocycles. The Morgan fingerprint density at radius 2 is 2.20 bits per heavy atom. The lowest BCUT2D eigenvalue weighted by molar-refractivity contribution is 0.624. The number of hydrogen-bond donors (Lipinski definition) is 3. The Kier molecular flexibility index (Phi) is 5.66. The van der Waals surface area contributed by atoms with Crippen LogP contribution in [-0.4, -0.2) is 40.6 Å². The second-order valence-electron chi connectivity index (χ2n) is 5.83. The predicted octanol–water partition coefficient (Wildman–Crippen LogP) is 2.30. The van der Waals surface area contributed by atoms with Gasteiger partial charge in [0.15, 0.2) is 5.96 Å². The fourth-order valence-electron chi connectivity index (χ4n) is 2.79. The van der Waals surface area contributed by atoms with Crippen molar-refractivity contribution in [1.82, 2.24) is 25.2 Å². The Morgan fingerprint density at radius 3 is 3.00 bits per heavy atom. The van der Waals surface area contributed by atoms with Crippen LogP contribution in [0.1, 0.15) is 12.0 Å². The number of H-pyrrole nitrogens is 1. The smallest absolute Gasteiger partial charge is 0.190 e. The number of aliphatic imine (C=N–C) groups is 1. The number of hydrogen-bond acceptors (Lipinski definition) is 2. The molecule has 0 aliphatic carbocycles. The van der Waals surface area contributed by atoms with Crippen molar-refractivity contribution < 1.29 is 4.39 Å². The summed E-state index contributed by atoms with van der Waals surface area (Å²) in [5.41, 5.74) is 2.00. The van der Waals surface area contributed by atoms with E-state index in [0.717, 1.165) is 54.9 Å². The third kappa shape index (κ3) is 4.59. The standard InChI is InChI=1S/C18H23FN6/c1-20-18(22-6-2-9-25-10-8-21-13-25)23-7-5-14-12-24-17-11-15(19)3-4-16(14)17/h3-4,8,10-13,24H,2,5-7,9H2,1H3,(H2,20,22,23). The number of guanidine groups is 1. The Morgan fingerprint density at radius 1 is 1.32 bits per heavy atom. The summed E-state index contributed by atoms with van der Waals surface area (Å²) in [6.45, 7) is 2.52. The zero-order valence-corrected chi connectivity index (χ0v) is 14.3. The molecule has 6 nitrogen and oxygen atoms in total. The predicted molar refractivity (Wildman–Crippen MR) is 98.2 cm³/mol. The molecule has 0 atom stereocenters. The zero-order valence-electron chi connectivity index (χ0n) is 14.3. The van der Waals surface area contributed by atoms with E-state index < -0.39 is 0 Å². The van der Waals surface area contributed by atoms with Gasteiger partial charge in [0.2, 0.25) is 0 Å². The first-order valence-corrected chi connectivity index (χ1v) is 8.42. The molecule has 2 heterocycles. The average Bonchev–Trinajstić information content (AvgIpc) is 3.26. The molecule has 0 saturated carbocycles. The van der Waals surface area contributed by atoms with Crippen LogP contribution in [0.5, 0.6) is 0 Å². The quantitative estimate of drug-likeness (QED) is 0.351. The Labute approximate surface area is 146 Å². The molecule has 0 unspecified atom stereocenters. The van der Waals surface area contributed by atoms with Crippen LogP contribution in [0.4, 0.5) is 4.39 Å². The molecule has 3 rings (SSSR count). The first kappa shape index (κ1) is 17.0. The van der Waals surface area contributed by atoms with Crippen LogP contribution in [-0.2, 0) is 13.0 Å². The molecule has 0 fully saturated rings. The summed E-state index contributed by atoms with van der Waals surface area (Å²) >= 11 is 0. The maximum atomic E-state index is 13.2. The SMILES string of the molecule is CN=C(NCCCn1ccnc1)NCCc1c[nH]c2cc(F)ccc12. The van der Waals surface area contributed by atoms with Gasteiger partial charge in [0, 0.05) is 56.2 Å². The topological polar surface area (TPSA) is 70.0 Å². The van der Waals surface area contributed by atoms with E-state index in [1.54, 1.807) is 13.2 Å². The van der Waals surface area contributed by atoms with Crippen molar-refractivity contribution in [3.8, 4) is 0 Å². The fraction of sp³-hybridized carbons (Fsp3) is 0.333. The maximum Gasteiger partial charge on any atom is 0.190 e. The van der Waals surface area contributed by atoms with Gasteiger partial charge in [-0.15, -0.1) is 0 Å². The Bertz CT molecular complexity index is 821. The van der Waals surface area contributed by atoms with Gasteiger partial charge < -0.3 is 20.2 Å². The van der Waals surface area contributed by atoms with Crippen molar-refractivity contribution in [2.75, 3.05) is 20.1 Å². The number of nitrogens with one attached hydrogen (secondary N) is 3. The highest BCUT2D eigenvalue weighted by Gasteiger charge is 2.05. The van der Waals surface area contributed by atoms with Crippen molar-refractivity contribution >= 4 is 16.9 Å². The van der Waals surface area contributed by atoms with Gasteiger partial charge in [-0.05, 0) is 36.6 Å². The molecule has 0 radical (unpaired) electrons. The molecule has 3 N–H and O–H groups in total. The molecule has 25 heavy (non-hydrogen) atoms. The summed E-state index contributed by atoms with van der Waals surface area (Å²) in [6, 6.07) is 4.83. The van der Waals surface area contributed by atoms with Crippen LogP contribution in [0, 0.1) is 5.82 Å². The van der Waals surface area contributed by atoms with Crippen LogP contribution < -0.4 is 10.6 Å². The number of aryl methyl sites for hydroxylation is 1. The van der Waals surface area contributed by atoms with Crippen molar-refractivity contribution in [2.24, 2.45) is 4.99 Å². The lowest BCUT2D eigenvalue weighted by atomic mass is 10.1. The average molecular weight is 342 g/mol. The van der Waals surface area contributed by atoms with Gasteiger partial charge in [-0.3, -0.25) is 4.99 Å². The summed E-state index contributed by atoms with van der Waals surface area (Å²) in [7, 11) is 1.76. The highest BCUT2D eigenvalue weighted by Crippen LogP contribution is 2.19. The van der Waals surface area contributed by atoms with Gasteiger partial charge in [0.1, 0.15) is 5.82 Å². The first-order valence-electron chi connectivity index (χ1n) is 8.42. The van der Waals surface area contributed by atoms with E-state index in [9.17, 15) is 4.39 Å². The maximum absolute atomic E-state index is 13.2. The van der Waals surface area contributed by atoms with Crippen LogP contribution in [0.15, 0.2) is 48.1 Å². The molecule has 0 spiro atoms. The van der Waals surface area contributed by atoms with Crippen molar-refractivity contribution in [3.63, 3.8) is 0 Å². The molecule has 132 valence electrons. The first-order chi connectivity index (χ1) is 12.3. The molecule has 0 aliphatic rings. The molecular weight excluding hydrogens is 319 g/mol. The third-order valence-corrected chi connectivity index (χ3v) is 4.08. The number of nitrogens with zero attached hydrogens (tertiary/aromatic N) is 3. The Balaban J connectivity index is 1.41. The number of aromatic amines is 1. The normalized spacial score (nSPS) is 11.8. The summed E-state index contributed by atoms with van der Waals surface area (Å²) in [5.74, 6) is 0.566. The molecule has 0 amide bonds. The number of halogens is 1. The van der Waals surface area contributed by atoms with Gasteiger partial charge in [0.25, 0.3) is 0 Å². The minimum atomic E-state index is -0.223. The molecule has 0 bridgehead atoms. The van der Waals surface area contributed by atoms with E-state index in [4.69, 9.17) is 0 Å². The summed E-state index contributed by atoms with van der Waals surface area (Å²) < 4.78 is 15.3. The minimum Gasteiger partial charge on any atom is -0.361 e. The molecule has 3 aromatic rings. The molecule has 2 aromatic heterocycles. The lowest BCUT2D eigenvalue weighted by Gasteiger charge is -2.11. The van der Waals surface area contributed by atoms with Crippen molar-refractivity contribution in [1.29, 1.82) is 0 Å². The second kappa shape index (κ2) is 8.32. The van der Waals surface area contributed by atoms with E-state index in [-0.39, 0.29) is 5.82 Å². The number of benzene rings is 1. The summed E-state index contributed by atoms with van der Waals surface area (Å²) in [6.07, 6.45) is 9.33. The van der Waals surface area contributed by atoms with E-state index >= 15 is 0 Å². The molecule has 7 heteroatoms. The van der Waals surface area contributed by atoms with Crippen LogP contribution in [0.2, 0.25) is 0 Å². The second-order valence-corrected chi connectivity index (χ2v) is 5.83. The zero-order chi connectivity index (χ0) is 17.5. The highest BCUT2D eigenvalue weighted by molar-refractivity contribution is 5.83. The van der Waals surface area contributed by atoms with Gasteiger partial charge in [-0.25, -0.2) is 9.37 Å². The van der Waals surface area contributed by atoms with Gasteiger partial charge in [-0.2, -0.15) is 0 Å². The summed E-state index contributed by atoms with van der Waals surface area (Å²) in [4.78, 5) is 11.4. The number of fused-ring (bicyclic) bond motifs is 1. The van der Waals surface area contributed by atoms with E-state index in [1.807, 2.05) is 24.8 Å². The third-order valence-electron chi connectivity index (χ3n) is 4.08. The lowest BCUT2D eigenvalue weighted by Crippen LogP contribution is -2.38. The van der Waals surface area contributed by atoms with Crippen LogP contribution >= 0.6 is 0 Å². The largest absolute Gasteiger partial charge is 0.361 e. The van der Waals surface area contributed by atoms with Gasteiger partial charge in [0.05, 0.1) is 6.33 Å².